The predicted molar refractivity (Wildman–Crippen MR) is 103 cm³/mol. The lowest BCUT2D eigenvalue weighted by atomic mass is 10.3. The number of pyridine rings is 1. The van der Waals surface area contributed by atoms with Crippen LogP contribution in [0.5, 0.6) is 5.88 Å². The van der Waals surface area contributed by atoms with Gasteiger partial charge in [-0.1, -0.05) is 6.07 Å². The maximum atomic E-state index is 13.5. The van der Waals surface area contributed by atoms with Gasteiger partial charge in [-0.15, -0.1) is 0 Å². The number of methoxy groups -OCH3 is 1. The van der Waals surface area contributed by atoms with Crippen LogP contribution in [-0.2, 0) is 0 Å². The molecule has 9 heteroatoms. The van der Waals surface area contributed by atoms with Crippen molar-refractivity contribution in [3.05, 3.63) is 48.4 Å². The Hall–Kier alpha value is -3.49. The number of urea groups is 1. The minimum atomic E-state index is -0.421. The van der Waals surface area contributed by atoms with Crippen LogP contribution in [0.3, 0.4) is 0 Å². The summed E-state index contributed by atoms with van der Waals surface area (Å²) in [5.74, 6) is 0.818. The maximum Gasteiger partial charge on any atom is 0.323 e. The van der Waals surface area contributed by atoms with E-state index >= 15 is 0 Å². The lowest BCUT2D eigenvalue weighted by Crippen LogP contribution is -2.50. The highest BCUT2D eigenvalue weighted by atomic mass is 19.1. The number of ether oxygens (including phenoxy) is 1. The molecule has 0 bridgehead atoms. The third-order valence-corrected chi connectivity index (χ3v) is 4.55. The van der Waals surface area contributed by atoms with Crippen molar-refractivity contribution < 1.29 is 13.9 Å². The number of rotatable bonds is 3. The molecule has 1 aromatic carbocycles. The van der Waals surface area contributed by atoms with E-state index in [1.807, 2.05) is 18.2 Å². The van der Waals surface area contributed by atoms with E-state index in [0.717, 1.165) is 5.82 Å². The Bertz CT molecular complexity index is 992. The summed E-state index contributed by atoms with van der Waals surface area (Å²) in [6, 6.07) is 9.54. The van der Waals surface area contributed by atoms with Gasteiger partial charge in [-0.25, -0.2) is 24.1 Å². The van der Waals surface area contributed by atoms with Gasteiger partial charge in [-0.2, -0.15) is 0 Å². The first-order valence-corrected chi connectivity index (χ1v) is 8.87. The number of carbonyl (C=O) groups is 1. The molecule has 1 saturated heterocycles. The van der Waals surface area contributed by atoms with Crippen LogP contribution in [-0.4, -0.2) is 59.2 Å². The van der Waals surface area contributed by atoms with Crippen LogP contribution in [0, 0.1) is 5.82 Å². The SMILES string of the molecule is COc1nc2ccc(F)cc2nc1NC(=O)N1CCN(c2ccccn2)CC1. The number of benzene rings is 1. The molecule has 0 unspecified atom stereocenters. The summed E-state index contributed by atoms with van der Waals surface area (Å²) < 4.78 is 18.7. The first kappa shape index (κ1) is 17.9. The number of nitrogens with zero attached hydrogens (tertiary/aromatic N) is 5. The number of amides is 2. The summed E-state index contributed by atoms with van der Waals surface area (Å²) in [7, 11) is 1.45. The van der Waals surface area contributed by atoms with Crippen molar-refractivity contribution >= 4 is 28.7 Å². The summed E-state index contributed by atoms with van der Waals surface area (Å²) in [4.78, 5) is 29.4. The molecule has 8 nitrogen and oxygen atoms in total. The molecule has 0 saturated carbocycles. The van der Waals surface area contributed by atoms with E-state index in [-0.39, 0.29) is 17.7 Å². The Morgan fingerprint density at radius 1 is 1.11 bits per heavy atom. The molecular weight excluding hydrogens is 363 g/mol. The second kappa shape index (κ2) is 7.63. The lowest BCUT2D eigenvalue weighted by molar-refractivity contribution is 0.208. The average Bonchev–Trinajstić information content (AvgIpc) is 2.74. The van der Waals surface area contributed by atoms with Crippen LogP contribution >= 0.6 is 0 Å². The van der Waals surface area contributed by atoms with Crippen LogP contribution < -0.4 is 15.0 Å². The molecule has 28 heavy (non-hydrogen) atoms. The number of anilines is 2. The highest BCUT2D eigenvalue weighted by Gasteiger charge is 2.23. The third-order valence-electron chi connectivity index (χ3n) is 4.55. The molecule has 2 amide bonds. The Morgan fingerprint density at radius 2 is 1.93 bits per heavy atom. The Kier molecular flexibility index (Phi) is 4.88. The Morgan fingerprint density at radius 3 is 2.64 bits per heavy atom. The van der Waals surface area contributed by atoms with Gasteiger partial charge in [-0.3, -0.25) is 5.32 Å². The number of piperazine rings is 1. The van der Waals surface area contributed by atoms with Crippen molar-refractivity contribution in [1.29, 1.82) is 0 Å². The van der Waals surface area contributed by atoms with E-state index in [1.165, 1.54) is 25.3 Å². The predicted octanol–water partition coefficient (Wildman–Crippen LogP) is 2.53. The zero-order valence-electron chi connectivity index (χ0n) is 15.3. The quantitative estimate of drug-likeness (QED) is 0.750. The van der Waals surface area contributed by atoms with Crippen molar-refractivity contribution in [2.45, 2.75) is 0 Å². The molecule has 3 aromatic rings. The van der Waals surface area contributed by atoms with E-state index in [9.17, 15) is 9.18 Å². The number of hydrogen-bond donors (Lipinski definition) is 1. The van der Waals surface area contributed by atoms with Crippen molar-refractivity contribution in [2.24, 2.45) is 0 Å². The summed E-state index contributed by atoms with van der Waals surface area (Å²) in [5.41, 5.74) is 0.830. The highest BCUT2D eigenvalue weighted by Crippen LogP contribution is 2.24. The number of halogens is 1. The molecule has 144 valence electrons. The van der Waals surface area contributed by atoms with Crippen molar-refractivity contribution in [1.82, 2.24) is 19.9 Å². The molecule has 1 N–H and O–H groups in total. The molecule has 4 rings (SSSR count). The molecule has 1 aliphatic heterocycles. The minimum absolute atomic E-state index is 0.165. The van der Waals surface area contributed by atoms with Gasteiger partial charge in [0.25, 0.3) is 5.88 Å². The van der Waals surface area contributed by atoms with E-state index in [0.29, 0.717) is 37.2 Å². The van der Waals surface area contributed by atoms with E-state index in [4.69, 9.17) is 4.74 Å². The number of nitrogens with one attached hydrogen (secondary N) is 1. The maximum absolute atomic E-state index is 13.5. The van der Waals surface area contributed by atoms with Gasteiger partial charge in [0.1, 0.15) is 11.6 Å². The van der Waals surface area contributed by atoms with E-state index in [2.05, 4.69) is 25.2 Å². The zero-order valence-corrected chi connectivity index (χ0v) is 15.3. The van der Waals surface area contributed by atoms with Gasteiger partial charge in [0, 0.05) is 38.4 Å². The van der Waals surface area contributed by atoms with Crippen molar-refractivity contribution in [2.75, 3.05) is 43.5 Å². The van der Waals surface area contributed by atoms with Gasteiger partial charge in [-0.05, 0) is 24.3 Å². The zero-order chi connectivity index (χ0) is 19.5. The standard InChI is InChI=1S/C19H19FN6O2/c1-28-18-17(22-15-12-13(20)5-6-14(15)23-18)24-19(27)26-10-8-25(9-11-26)16-4-2-3-7-21-16/h2-7,12H,8-11H2,1H3,(H,22,24,27). The first-order chi connectivity index (χ1) is 13.6. The fourth-order valence-corrected chi connectivity index (χ4v) is 3.09. The molecule has 1 aliphatic rings. The second-order valence-corrected chi connectivity index (χ2v) is 6.31. The number of fused-ring (bicyclic) bond motifs is 1. The van der Waals surface area contributed by atoms with Crippen LogP contribution in [0.4, 0.5) is 20.8 Å². The van der Waals surface area contributed by atoms with Crippen LogP contribution in [0.15, 0.2) is 42.6 Å². The number of aromatic nitrogens is 3. The molecule has 0 radical (unpaired) electrons. The van der Waals surface area contributed by atoms with Gasteiger partial charge in [0.15, 0.2) is 5.82 Å². The molecular formula is C19H19FN6O2. The largest absolute Gasteiger partial charge is 0.478 e. The van der Waals surface area contributed by atoms with E-state index in [1.54, 1.807) is 11.1 Å². The lowest BCUT2D eigenvalue weighted by Gasteiger charge is -2.35. The second-order valence-electron chi connectivity index (χ2n) is 6.31. The van der Waals surface area contributed by atoms with Gasteiger partial charge in [0.2, 0.25) is 0 Å². The molecule has 0 atom stereocenters. The fraction of sp³-hybridized carbons (Fsp3) is 0.263. The van der Waals surface area contributed by atoms with Gasteiger partial charge in [0.05, 0.1) is 18.1 Å². The summed E-state index contributed by atoms with van der Waals surface area (Å²) >= 11 is 0. The van der Waals surface area contributed by atoms with Crippen molar-refractivity contribution in [3.63, 3.8) is 0 Å². The average molecular weight is 382 g/mol. The van der Waals surface area contributed by atoms with Crippen LogP contribution in [0.25, 0.3) is 11.0 Å². The smallest absolute Gasteiger partial charge is 0.323 e. The molecule has 2 aromatic heterocycles. The molecule has 0 spiro atoms. The monoisotopic (exact) mass is 382 g/mol. The molecule has 1 fully saturated rings. The van der Waals surface area contributed by atoms with Gasteiger partial charge < -0.3 is 14.5 Å². The Balaban J connectivity index is 1.46. The van der Waals surface area contributed by atoms with Crippen molar-refractivity contribution in [3.8, 4) is 5.88 Å². The van der Waals surface area contributed by atoms with Crippen LogP contribution in [0.2, 0.25) is 0 Å². The molecule has 0 aliphatic carbocycles. The van der Waals surface area contributed by atoms with Gasteiger partial charge >= 0.3 is 6.03 Å². The summed E-state index contributed by atoms with van der Waals surface area (Å²) in [6.45, 7) is 2.44. The van der Waals surface area contributed by atoms with E-state index < -0.39 is 5.82 Å². The topological polar surface area (TPSA) is 83.5 Å². The third kappa shape index (κ3) is 3.64. The number of hydrogen-bond acceptors (Lipinski definition) is 6. The normalized spacial score (nSPS) is 14.2. The molecule has 3 heterocycles. The summed E-state index contributed by atoms with van der Waals surface area (Å²) in [6.07, 6.45) is 1.75. The summed E-state index contributed by atoms with van der Waals surface area (Å²) in [5, 5.41) is 2.73. The highest BCUT2D eigenvalue weighted by molar-refractivity contribution is 5.91. The number of carbonyl (C=O) groups excluding carboxylic acids is 1. The fourth-order valence-electron chi connectivity index (χ4n) is 3.09. The van der Waals surface area contributed by atoms with Crippen LogP contribution in [0.1, 0.15) is 0 Å². The minimum Gasteiger partial charge on any atom is -0.478 e. The Labute approximate surface area is 161 Å². The first-order valence-electron chi connectivity index (χ1n) is 8.87.